The highest BCUT2D eigenvalue weighted by Gasteiger charge is 2.31. The molecule has 0 heterocycles. The molecule has 1 unspecified atom stereocenters. The second-order valence-corrected chi connectivity index (χ2v) is 7.36. The summed E-state index contributed by atoms with van der Waals surface area (Å²) in [7, 11) is -1.84. The molecule has 2 atom stereocenters. The van der Waals surface area contributed by atoms with E-state index in [0.29, 0.717) is 0 Å². The fourth-order valence-electron chi connectivity index (χ4n) is 2.84. The molecule has 6 nitrogen and oxygen atoms in total. The molecule has 4 N–H and O–H groups in total. The van der Waals surface area contributed by atoms with Gasteiger partial charge in [-0.25, -0.2) is 0 Å². The van der Waals surface area contributed by atoms with Crippen molar-refractivity contribution in [3.8, 4) is 0 Å². The molecule has 2 rings (SSSR count). The van der Waals surface area contributed by atoms with E-state index in [4.69, 9.17) is 0 Å². The molecule has 0 bridgehead atoms. The Kier molecular flexibility index (Phi) is 8.24. The van der Waals surface area contributed by atoms with Crippen molar-refractivity contribution >= 4 is 18.9 Å². The van der Waals surface area contributed by atoms with E-state index in [-0.39, 0.29) is 18.5 Å². The van der Waals surface area contributed by atoms with Crippen LogP contribution in [0, 0.1) is 12.8 Å². The standard InChI is InChI=1S/C21H24BF3N2O4/c1-13-6-8-15(9-7-13)11-18(22(30)31)27-20(29)14(2)19(28)26-12-16-4-3-5-17(10-16)21(23,24)25/h3-10,14,18,30-31H,11-12H2,1-2H3,(H,26,28)(H,27,29)/t14?,18-/m0/s1. The molecular formula is C21H24BF3N2O4. The van der Waals surface area contributed by atoms with Gasteiger partial charge in [0.05, 0.1) is 11.5 Å². The molecule has 0 spiro atoms. The summed E-state index contributed by atoms with van der Waals surface area (Å²) in [5, 5.41) is 24.0. The van der Waals surface area contributed by atoms with Gasteiger partial charge >= 0.3 is 13.3 Å². The summed E-state index contributed by atoms with van der Waals surface area (Å²) in [5.41, 5.74) is 1.20. The van der Waals surface area contributed by atoms with Crippen LogP contribution < -0.4 is 10.6 Å². The topological polar surface area (TPSA) is 98.7 Å². The molecule has 31 heavy (non-hydrogen) atoms. The van der Waals surface area contributed by atoms with E-state index in [1.54, 1.807) is 12.1 Å². The van der Waals surface area contributed by atoms with Gasteiger partial charge < -0.3 is 20.7 Å². The Hall–Kier alpha value is -2.85. The van der Waals surface area contributed by atoms with Gasteiger partial charge in [0.1, 0.15) is 5.92 Å². The van der Waals surface area contributed by atoms with Crippen LogP contribution in [0.2, 0.25) is 0 Å². The van der Waals surface area contributed by atoms with Gasteiger partial charge in [0, 0.05) is 6.54 Å². The third-order valence-corrected chi connectivity index (χ3v) is 4.77. The first kappa shape index (κ1) is 24.4. The van der Waals surface area contributed by atoms with Crippen LogP contribution in [0.25, 0.3) is 0 Å². The van der Waals surface area contributed by atoms with Crippen molar-refractivity contribution in [2.45, 2.75) is 38.9 Å². The van der Waals surface area contributed by atoms with E-state index in [0.717, 1.165) is 23.3 Å². The molecule has 0 aromatic heterocycles. The second-order valence-electron chi connectivity index (χ2n) is 7.36. The number of aryl methyl sites for hydroxylation is 1. The van der Waals surface area contributed by atoms with Crippen molar-refractivity contribution in [2.24, 2.45) is 5.92 Å². The quantitative estimate of drug-likeness (QED) is 0.376. The zero-order valence-corrected chi connectivity index (χ0v) is 17.1. The number of nitrogens with one attached hydrogen (secondary N) is 2. The van der Waals surface area contributed by atoms with Crippen molar-refractivity contribution in [2.75, 3.05) is 0 Å². The lowest BCUT2D eigenvalue weighted by molar-refractivity contribution is -0.137. The van der Waals surface area contributed by atoms with Crippen molar-refractivity contribution < 1.29 is 32.8 Å². The first-order chi connectivity index (χ1) is 14.5. The van der Waals surface area contributed by atoms with Crippen molar-refractivity contribution in [1.29, 1.82) is 0 Å². The lowest BCUT2D eigenvalue weighted by atomic mass is 9.75. The molecule has 0 saturated heterocycles. The lowest BCUT2D eigenvalue weighted by Gasteiger charge is -2.20. The minimum Gasteiger partial charge on any atom is -0.426 e. The molecule has 0 aliphatic carbocycles. The highest BCUT2D eigenvalue weighted by Crippen LogP contribution is 2.29. The Balaban J connectivity index is 1.94. The molecule has 0 fully saturated rings. The monoisotopic (exact) mass is 436 g/mol. The van der Waals surface area contributed by atoms with Gasteiger partial charge in [0.15, 0.2) is 0 Å². The molecule has 166 valence electrons. The maximum Gasteiger partial charge on any atom is 0.475 e. The molecule has 0 aliphatic rings. The Labute approximate surface area is 178 Å². The fraction of sp³-hybridized carbons (Fsp3) is 0.333. The van der Waals surface area contributed by atoms with Crippen LogP contribution >= 0.6 is 0 Å². The van der Waals surface area contributed by atoms with Gasteiger partial charge in [-0.1, -0.05) is 42.0 Å². The molecule has 2 amide bonds. The molecule has 10 heteroatoms. The summed E-state index contributed by atoms with van der Waals surface area (Å²) >= 11 is 0. The first-order valence-electron chi connectivity index (χ1n) is 9.63. The smallest absolute Gasteiger partial charge is 0.426 e. The summed E-state index contributed by atoms with van der Waals surface area (Å²) in [5.74, 6) is -3.65. The van der Waals surface area contributed by atoms with Crippen molar-refractivity contribution in [1.82, 2.24) is 10.6 Å². The number of hydrogen-bond acceptors (Lipinski definition) is 4. The third kappa shape index (κ3) is 7.41. The number of halogens is 3. The van der Waals surface area contributed by atoms with Gasteiger partial charge in [-0.2, -0.15) is 13.2 Å². The lowest BCUT2D eigenvalue weighted by Crippen LogP contribution is -2.51. The van der Waals surface area contributed by atoms with E-state index in [9.17, 15) is 32.8 Å². The van der Waals surface area contributed by atoms with Gasteiger partial charge in [-0.15, -0.1) is 0 Å². The van der Waals surface area contributed by atoms with Crippen molar-refractivity contribution in [3.05, 3.63) is 70.8 Å². The highest BCUT2D eigenvalue weighted by atomic mass is 19.4. The van der Waals surface area contributed by atoms with Gasteiger partial charge in [-0.05, 0) is 43.5 Å². The van der Waals surface area contributed by atoms with Crippen LogP contribution in [0.4, 0.5) is 13.2 Å². The van der Waals surface area contributed by atoms with Gasteiger partial charge in [0.2, 0.25) is 11.8 Å². The summed E-state index contributed by atoms with van der Waals surface area (Å²) < 4.78 is 38.3. The van der Waals surface area contributed by atoms with E-state index < -0.39 is 42.5 Å². The molecule has 2 aromatic carbocycles. The Morgan fingerprint density at radius 2 is 1.68 bits per heavy atom. The minimum atomic E-state index is -4.50. The minimum absolute atomic E-state index is 0.141. The molecule has 0 radical (unpaired) electrons. The fourth-order valence-corrected chi connectivity index (χ4v) is 2.84. The number of alkyl halides is 3. The average molecular weight is 436 g/mol. The highest BCUT2D eigenvalue weighted by molar-refractivity contribution is 6.43. The number of amides is 2. The normalized spacial score (nSPS) is 13.3. The number of benzene rings is 2. The zero-order valence-electron chi connectivity index (χ0n) is 17.1. The van der Waals surface area contributed by atoms with Crippen LogP contribution in [0.3, 0.4) is 0 Å². The van der Waals surface area contributed by atoms with E-state index >= 15 is 0 Å². The maximum absolute atomic E-state index is 12.8. The molecular weight excluding hydrogens is 412 g/mol. The predicted octanol–water partition coefficient (Wildman–Crippen LogP) is 2.01. The van der Waals surface area contributed by atoms with Crippen LogP contribution in [-0.2, 0) is 28.7 Å². The van der Waals surface area contributed by atoms with Crippen molar-refractivity contribution in [3.63, 3.8) is 0 Å². The number of carbonyl (C=O) groups is 2. The average Bonchev–Trinajstić information content (AvgIpc) is 2.71. The summed E-state index contributed by atoms with van der Waals surface area (Å²) in [6.45, 7) is 3.04. The van der Waals surface area contributed by atoms with E-state index in [1.165, 1.54) is 19.1 Å². The summed E-state index contributed by atoms with van der Waals surface area (Å²) in [6, 6.07) is 11.8. The Morgan fingerprint density at radius 3 is 2.26 bits per heavy atom. The largest absolute Gasteiger partial charge is 0.475 e. The first-order valence-corrected chi connectivity index (χ1v) is 9.63. The number of rotatable bonds is 8. The Bertz CT molecular complexity index is 904. The van der Waals surface area contributed by atoms with Gasteiger partial charge in [0.25, 0.3) is 0 Å². The zero-order chi connectivity index (χ0) is 23.2. The van der Waals surface area contributed by atoms with Crippen LogP contribution in [0.15, 0.2) is 48.5 Å². The molecule has 2 aromatic rings. The summed E-state index contributed by atoms with van der Waals surface area (Å²) in [4.78, 5) is 24.7. The predicted molar refractivity (Wildman–Crippen MR) is 109 cm³/mol. The summed E-state index contributed by atoms with van der Waals surface area (Å²) in [6.07, 6.45) is -4.35. The molecule has 0 saturated carbocycles. The van der Waals surface area contributed by atoms with Crippen LogP contribution in [-0.4, -0.2) is 34.9 Å². The van der Waals surface area contributed by atoms with E-state index in [1.807, 2.05) is 19.1 Å². The van der Waals surface area contributed by atoms with Crippen LogP contribution in [0.5, 0.6) is 0 Å². The Morgan fingerprint density at radius 1 is 1.03 bits per heavy atom. The van der Waals surface area contributed by atoms with Crippen LogP contribution in [0.1, 0.15) is 29.2 Å². The maximum atomic E-state index is 12.8. The third-order valence-electron chi connectivity index (χ3n) is 4.77. The van der Waals surface area contributed by atoms with Gasteiger partial charge in [-0.3, -0.25) is 9.59 Å². The SMILES string of the molecule is Cc1ccc(C[C@H](NC(=O)C(C)C(=O)NCc2cccc(C(F)(F)F)c2)B(O)O)cc1. The molecule has 0 aliphatic heterocycles. The number of hydrogen-bond donors (Lipinski definition) is 4. The number of carbonyl (C=O) groups excluding carboxylic acids is 2. The second kappa shape index (κ2) is 10.5. The van der Waals surface area contributed by atoms with E-state index in [2.05, 4.69) is 10.6 Å².